The van der Waals surface area contributed by atoms with Gasteiger partial charge in [0.25, 0.3) is 5.92 Å². The van der Waals surface area contributed by atoms with E-state index in [4.69, 9.17) is 4.74 Å². The highest BCUT2D eigenvalue weighted by Crippen LogP contribution is 2.23. The number of rotatable bonds is 6. The Morgan fingerprint density at radius 2 is 1.85 bits per heavy atom. The molecule has 0 spiro atoms. The molecule has 0 amide bonds. The Bertz CT molecular complexity index is 138. The molecule has 0 aromatic rings. The van der Waals surface area contributed by atoms with Crippen molar-refractivity contribution in [2.24, 2.45) is 5.92 Å². The number of halogens is 2. The fourth-order valence-electron chi connectivity index (χ4n) is 0.622. The van der Waals surface area contributed by atoms with Gasteiger partial charge in [-0.3, -0.25) is 0 Å². The maximum Gasteiger partial charge on any atom is 0.273 e. The van der Waals surface area contributed by atoms with E-state index in [-0.39, 0.29) is 0 Å². The second kappa shape index (κ2) is 5.50. The average molecular weight is 195 g/mol. The van der Waals surface area contributed by atoms with Crippen molar-refractivity contribution < 1.29 is 13.5 Å². The molecule has 0 N–H and O–H groups in total. The van der Waals surface area contributed by atoms with E-state index in [1.165, 1.54) is 13.8 Å². The third-order valence-electron chi connectivity index (χ3n) is 1.82. The molecule has 13 heavy (non-hydrogen) atoms. The summed E-state index contributed by atoms with van der Waals surface area (Å²) in [5.74, 6) is -3.36. The lowest BCUT2D eigenvalue weighted by molar-refractivity contribution is -0.109. The summed E-state index contributed by atoms with van der Waals surface area (Å²) in [5.41, 5.74) is 0. The van der Waals surface area contributed by atoms with Gasteiger partial charge in [-0.25, -0.2) is 8.78 Å². The second-order valence-electron chi connectivity index (χ2n) is 3.77. The predicted octanol–water partition coefficient (Wildman–Crippen LogP) is 1.86. The predicted molar refractivity (Wildman–Crippen MR) is 49.2 cm³/mol. The summed E-state index contributed by atoms with van der Waals surface area (Å²) in [7, 11) is 3.76. The topological polar surface area (TPSA) is 12.5 Å². The molecule has 0 aromatic heterocycles. The van der Waals surface area contributed by atoms with Crippen LogP contribution in [0.3, 0.4) is 0 Å². The number of hydrogen-bond donors (Lipinski definition) is 0. The maximum atomic E-state index is 12.9. The van der Waals surface area contributed by atoms with Gasteiger partial charge in [0.1, 0.15) is 6.61 Å². The SMILES string of the molecule is CC(C)C(F)(F)COCCN(C)C. The van der Waals surface area contributed by atoms with Crippen molar-refractivity contribution in [3.63, 3.8) is 0 Å². The van der Waals surface area contributed by atoms with Crippen LogP contribution in [0.5, 0.6) is 0 Å². The number of nitrogens with zero attached hydrogens (tertiary/aromatic N) is 1. The molecule has 0 radical (unpaired) electrons. The Labute approximate surface area is 78.9 Å². The zero-order valence-corrected chi connectivity index (χ0v) is 8.81. The molecule has 0 aliphatic carbocycles. The zero-order valence-electron chi connectivity index (χ0n) is 8.81. The lowest BCUT2D eigenvalue weighted by atomic mass is 10.1. The summed E-state index contributed by atoms with van der Waals surface area (Å²) in [6, 6.07) is 0. The first kappa shape index (κ1) is 12.8. The zero-order chi connectivity index (χ0) is 10.5. The van der Waals surface area contributed by atoms with E-state index >= 15 is 0 Å². The van der Waals surface area contributed by atoms with Gasteiger partial charge < -0.3 is 9.64 Å². The molecular formula is C9H19F2NO. The second-order valence-corrected chi connectivity index (χ2v) is 3.77. The molecule has 0 aliphatic heterocycles. The number of hydrogen-bond acceptors (Lipinski definition) is 2. The quantitative estimate of drug-likeness (QED) is 0.600. The molecule has 4 heteroatoms. The Morgan fingerprint density at radius 3 is 2.23 bits per heavy atom. The molecular weight excluding hydrogens is 176 g/mol. The minimum absolute atomic E-state index is 0.356. The van der Waals surface area contributed by atoms with Gasteiger partial charge in [-0.1, -0.05) is 13.8 Å². The molecule has 0 saturated heterocycles. The van der Waals surface area contributed by atoms with Crippen LogP contribution >= 0.6 is 0 Å². The molecule has 0 aliphatic rings. The van der Waals surface area contributed by atoms with Gasteiger partial charge in [0, 0.05) is 12.5 Å². The Balaban J connectivity index is 3.52. The molecule has 0 aromatic carbocycles. The van der Waals surface area contributed by atoms with Crippen molar-refractivity contribution in [2.45, 2.75) is 19.8 Å². The van der Waals surface area contributed by atoms with Crippen molar-refractivity contribution in [1.29, 1.82) is 0 Å². The van der Waals surface area contributed by atoms with E-state index < -0.39 is 18.4 Å². The number of ether oxygens (including phenoxy) is 1. The molecule has 80 valence electrons. The molecule has 0 atom stereocenters. The third kappa shape index (κ3) is 5.93. The Hall–Kier alpha value is -0.220. The van der Waals surface area contributed by atoms with Crippen LogP contribution in [-0.2, 0) is 4.74 Å². The van der Waals surface area contributed by atoms with E-state index in [1.54, 1.807) is 0 Å². The highest BCUT2D eigenvalue weighted by molar-refractivity contribution is 4.69. The summed E-state index contributed by atoms with van der Waals surface area (Å²) in [4.78, 5) is 1.90. The molecule has 2 nitrogen and oxygen atoms in total. The van der Waals surface area contributed by atoms with E-state index in [0.29, 0.717) is 13.2 Å². The largest absolute Gasteiger partial charge is 0.374 e. The van der Waals surface area contributed by atoms with Crippen LogP contribution in [-0.4, -0.2) is 44.7 Å². The fraction of sp³-hybridized carbons (Fsp3) is 1.00. The minimum Gasteiger partial charge on any atom is -0.374 e. The number of alkyl halides is 2. The summed E-state index contributed by atoms with van der Waals surface area (Å²) >= 11 is 0. The molecule has 0 unspecified atom stereocenters. The first-order valence-electron chi connectivity index (χ1n) is 4.46. The Morgan fingerprint density at radius 1 is 1.31 bits per heavy atom. The van der Waals surface area contributed by atoms with Crippen LogP contribution in [0.25, 0.3) is 0 Å². The van der Waals surface area contributed by atoms with Crippen molar-refractivity contribution in [2.75, 3.05) is 33.9 Å². The maximum absolute atomic E-state index is 12.9. The third-order valence-corrected chi connectivity index (χ3v) is 1.82. The summed E-state index contributed by atoms with van der Waals surface area (Å²) in [6.45, 7) is 3.55. The Kier molecular flexibility index (Phi) is 5.40. The summed E-state index contributed by atoms with van der Waals surface area (Å²) in [5, 5.41) is 0. The van der Waals surface area contributed by atoms with Crippen molar-refractivity contribution in [3.8, 4) is 0 Å². The molecule has 0 rings (SSSR count). The van der Waals surface area contributed by atoms with Crippen LogP contribution in [0, 0.1) is 5.92 Å². The minimum atomic E-state index is -2.70. The van der Waals surface area contributed by atoms with E-state index in [1.807, 2.05) is 19.0 Å². The van der Waals surface area contributed by atoms with Crippen molar-refractivity contribution in [3.05, 3.63) is 0 Å². The van der Waals surface area contributed by atoms with Crippen LogP contribution in [0.4, 0.5) is 8.78 Å². The van der Waals surface area contributed by atoms with Crippen LogP contribution in [0.15, 0.2) is 0 Å². The lowest BCUT2D eigenvalue weighted by Crippen LogP contribution is -2.31. The monoisotopic (exact) mass is 195 g/mol. The number of likely N-dealkylation sites (N-methyl/N-ethyl adjacent to an activating group) is 1. The van der Waals surface area contributed by atoms with Gasteiger partial charge in [0.2, 0.25) is 0 Å². The summed E-state index contributed by atoms with van der Waals surface area (Å²) < 4.78 is 30.7. The van der Waals surface area contributed by atoms with Gasteiger partial charge in [0.05, 0.1) is 6.61 Å². The van der Waals surface area contributed by atoms with Crippen LogP contribution in [0.1, 0.15) is 13.8 Å². The van der Waals surface area contributed by atoms with Crippen LogP contribution in [0.2, 0.25) is 0 Å². The van der Waals surface area contributed by atoms with E-state index in [9.17, 15) is 8.78 Å². The van der Waals surface area contributed by atoms with Crippen molar-refractivity contribution >= 4 is 0 Å². The molecule has 0 saturated carbocycles. The standard InChI is InChI=1S/C9H19F2NO/c1-8(2)9(10,11)7-13-6-5-12(3)4/h8H,5-7H2,1-4H3. The van der Waals surface area contributed by atoms with Gasteiger partial charge in [-0.2, -0.15) is 0 Å². The summed E-state index contributed by atoms with van der Waals surface area (Å²) in [6.07, 6.45) is 0. The van der Waals surface area contributed by atoms with Crippen molar-refractivity contribution in [1.82, 2.24) is 4.90 Å². The molecule has 0 fully saturated rings. The molecule has 0 heterocycles. The first-order valence-corrected chi connectivity index (χ1v) is 4.46. The highest BCUT2D eigenvalue weighted by Gasteiger charge is 2.33. The highest BCUT2D eigenvalue weighted by atomic mass is 19.3. The average Bonchev–Trinajstić information content (AvgIpc) is 1.97. The normalized spacial score (nSPS) is 12.9. The van der Waals surface area contributed by atoms with Crippen LogP contribution < -0.4 is 0 Å². The molecule has 0 bridgehead atoms. The smallest absolute Gasteiger partial charge is 0.273 e. The fourth-order valence-corrected chi connectivity index (χ4v) is 0.622. The van der Waals surface area contributed by atoms with Gasteiger partial charge >= 0.3 is 0 Å². The van der Waals surface area contributed by atoms with E-state index in [2.05, 4.69) is 0 Å². The van der Waals surface area contributed by atoms with Gasteiger partial charge in [0.15, 0.2) is 0 Å². The first-order chi connectivity index (χ1) is 5.86. The lowest BCUT2D eigenvalue weighted by Gasteiger charge is -2.20. The van der Waals surface area contributed by atoms with Gasteiger partial charge in [-0.05, 0) is 14.1 Å². The van der Waals surface area contributed by atoms with Gasteiger partial charge in [-0.15, -0.1) is 0 Å². The van der Waals surface area contributed by atoms with E-state index in [0.717, 1.165) is 0 Å².